The maximum absolute atomic E-state index is 13.1. The van der Waals surface area contributed by atoms with Gasteiger partial charge in [0.1, 0.15) is 5.75 Å². The normalized spacial score (nSPS) is 15.6. The van der Waals surface area contributed by atoms with Crippen LogP contribution in [0.1, 0.15) is 29.8 Å². The summed E-state index contributed by atoms with van der Waals surface area (Å²) >= 11 is 0. The zero-order chi connectivity index (χ0) is 22.1. The molecule has 0 saturated carbocycles. The van der Waals surface area contributed by atoms with Crippen molar-refractivity contribution in [1.82, 2.24) is 15.4 Å². The number of nitrogens with one attached hydrogen (secondary N) is 1. The van der Waals surface area contributed by atoms with E-state index in [9.17, 15) is 9.59 Å². The molecular weight excluding hydrogens is 402 g/mol. The minimum Gasteiger partial charge on any atom is -0.497 e. The van der Waals surface area contributed by atoms with Gasteiger partial charge in [0.05, 0.1) is 19.8 Å². The van der Waals surface area contributed by atoms with Crippen LogP contribution in [0.3, 0.4) is 0 Å². The Morgan fingerprint density at radius 3 is 2.90 bits per heavy atom. The summed E-state index contributed by atoms with van der Waals surface area (Å²) in [5.74, 6) is 0.718. The second kappa shape index (κ2) is 11.5. The van der Waals surface area contributed by atoms with Gasteiger partial charge in [-0.05, 0) is 25.0 Å². The molecule has 0 spiro atoms. The zero-order valence-corrected chi connectivity index (χ0v) is 18.0. The second-order valence-electron chi connectivity index (χ2n) is 7.29. The molecule has 1 aromatic carbocycles. The highest BCUT2D eigenvalue weighted by molar-refractivity contribution is 5.93. The summed E-state index contributed by atoms with van der Waals surface area (Å²) in [6.07, 6.45) is 2.00. The highest BCUT2D eigenvalue weighted by atomic mass is 16.5. The summed E-state index contributed by atoms with van der Waals surface area (Å²) in [4.78, 5) is 26.8. The van der Waals surface area contributed by atoms with Crippen LogP contribution in [0.15, 0.2) is 34.9 Å². The first-order chi connectivity index (χ1) is 15.1. The van der Waals surface area contributed by atoms with Gasteiger partial charge in [0, 0.05) is 51.4 Å². The number of carbonyl (C=O) groups is 2. The van der Waals surface area contributed by atoms with Gasteiger partial charge in [-0.2, -0.15) is 0 Å². The van der Waals surface area contributed by atoms with Crippen molar-refractivity contribution in [2.75, 3.05) is 47.1 Å². The number of nitrogens with zero attached hydrogens (tertiary/aromatic N) is 2. The van der Waals surface area contributed by atoms with E-state index in [0.29, 0.717) is 37.8 Å². The lowest BCUT2D eigenvalue weighted by Gasteiger charge is -2.24. The minimum atomic E-state index is -0.293. The van der Waals surface area contributed by atoms with Crippen LogP contribution in [0.2, 0.25) is 0 Å². The van der Waals surface area contributed by atoms with Crippen molar-refractivity contribution in [3.63, 3.8) is 0 Å². The Hall–Kier alpha value is -2.91. The molecule has 1 aliphatic rings. The van der Waals surface area contributed by atoms with E-state index >= 15 is 0 Å². The first-order valence-corrected chi connectivity index (χ1v) is 10.4. The molecule has 0 bridgehead atoms. The fraction of sp³-hybridized carbons (Fsp3) is 0.500. The maximum atomic E-state index is 13.1. The number of rotatable bonds is 11. The van der Waals surface area contributed by atoms with E-state index in [0.717, 1.165) is 18.4 Å². The van der Waals surface area contributed by atoms with Gasteiger partial charge in [0.25, 0.3) is 5.91 Å². The average Bonchev–Trinajstić information content (AvgIpc) is 3.48. The summed E-state index contributed by atoms with van der Waals surface area (Å²) in [7, 11) is 3.16. The number of amides is 2. The number of carbonyl (C=O) groups excluding carboxylic acids is 2. The number of ether oxygens (including phenoxy) is 3. The maximum Gasteiger partial charge on any atom is 0.276 e. The monoisotopic (exact) mass is 431 g/mol. The third-order valence-corrected chi connectivity index (χ3v) is 5.06. The first kappa shape index (κ1) is 22.8. The summed E-state index contributed by atoms with van der Waals surface area (Å²) in [5, 5.41) is 6.73. The van der Waals surface area contributed by atoms with Gasteiger partial charge in [-0.25, -0.2) is 0 Å². The lowest BCUT2D eigenvalue weighted by Crippen LogP contribution is -2.40. The predicted molar refractivity (Wildman–Crippen MR) is 113 cm³/mol. The Kier molecular flexibility index (Phi) is 8.43. The molecule has 1 fully saturated rings. The van der Waals surface area contributed by atoms with E-state index in [1.54, 1.807) is 25.2 Å². The second-order valence-corrected chi connectivity index (χ2v) is 7.29. The molecule has 1 atom stereocenters. The molecule has 9 nitrogen and oxygen atoms in total. The third-order valence-electron chi connectivity index (χ3n) is 5.06. The number of benzene rings is 1. The van der Waals surface area contributed by atoms with E-state index in [1.807, 2.05) is 24.3 Å². The molecule has 1 aliphatic heterocycles. The lowest BCUT2D eigenvalue weighted by atomic mass is 10.1. The largest absolute Gasteiger partial charge is 0.497 e. The molecule has 1 saturated heterocycles. The molecular formula is C22H29N3O6. The summed E-state index contributed by atoms with van der Waals surface area (Å²) in [6, 6.07) is 8.93. The Morgan fingerprint density at radius 1 is 1.29 bits per heavy atom. The van der Waals surface area contributed by atoms with Crippen molar-refractivity contribution in [3.05, 3.63) is 36.0 Å². The van der Waals surface area contributed by atoms with Crippen LogP contribution >= 0.6 is 0 Å². The highest BCUT2D eigenvalue weighted by Gasteiger charge is 2.26. The number of aromatic nitrogens is 1. The number of hydrogen-bond acceptors (Lipinski definition) is 7. The summed E-state index contributed by atoms with van der Waals surface area (Å²) in [6.45, 7) is 2.23. The van der Waals surface area contributed by atoms with Crippen molar-refractivity contribution >= 4 is 11.8 Å². The fourth-order valence-electron chi connectivity index (χ4n) is 3.38. The molecule has 31 heavy (non-hydrogen) atoms. The van der Waals surface area contributed by atoms with E-state index < -0.39 is 0 Å². The lowest BCUT2D eigenvalue weighted by molar-refractivity contribution is -0.121. The molecule has 1 N–H and O–H groups in total. The standard InChI is InChI=1S/C22H29N3O6/c1-28-12-9-23-21(26)8-10-25(15-18-7-4-11-30-18)22(27)19-14-20(31-24-19)16-5-3-6-17(13-16)29-2/h3,5-6,13-14,18H,4,7-12,15H2,1-2H3,(H,23,26)/t18-/m0/s1. The van der Waals surface area contributed by atoms with Crippen LogP contribution in [0, 0.1) is 0 Å². The smallest absolute Gasteiger partial charge is 0.276 e. The zero-order valence-electron chi connectivity index (χ0n) is 18.0. The van der Waals surface area contributed by atoms with Gasteiger partial charge in [-0.1, -0.05) is 17.3 Å². The molecule has 2 amide bonds. The third kappa shape index (κ3) is 6.53. The highest BCUT2D eigenvalue weighted by Crippen LogP contribution is 2.25. The molecule has 2 heterocycles. The van der Waals surface area contributed by atoms with Gasteiger partial charge in [0.15, 0.2) is 11.5 Å². The molecule has 9 heteroatoms. The first-order valence-electron chi connectivity index (χ1n) is 10.4. The van der Waals surface area contributed by atoms with E-state index in [-0.39, 0.29) is 36.6 Å². The fourth-order valence-corrected chi connectivity index (χ4v) is 3.38. The molecule has 168 valence electrons. The van der Waals surface area contributed by atoms with Crippen LogP contribution in [-0.2, 0) is 14.3 Å². The van der Waals surface area contributed by atoms with Crippen molar-refractivity contribution < 1.29 is 28.3 Å². The van der Waals surface area contributed by atoms with Crippen LogP contribution in [0.4, 0.5) is 0 Å². The Balaban J connectivity index is 1.68. The van der Waals surface area contributed by atoms with Gasteiger partial charge in [0.2, 0.25) is 5.91 Å². The molecule has 0 radical (unpaired) electrons. The quantitative estimate of drug-likeness (QED) is 0.544. The van der Waals surface area contributed by atoms with Gasteiger partial charge in [-0.3, -0.25) is 9.59 Å². The van der Waals surface area contributed by atoms with E-state index in [1.165, 1.54) is 0 Å². The average molecular weight is 431 g/mol. The van der Waals surface area contributed by atoms with Crippen LogP contribution < -0.4 is 10.1 Å². The van der Waals surface area contributed by atoms with Crippen LogP contribution in [0.5, 0.6) is 5.75 Å². The molecule has 0 aliphatic carbocycles. The van der Waals surface area contributed by atoms with Crippen LogP contribution in [0.25, 0.3) is 11.3 Å². The Morgan fingerprint density at radius 2 is 2.16 bits per heavy atom. The summed E-state index contributed by atoms with van der Waals surface area (Å²) in [5.41, 5.74) is 0.949. The van der Waals surface area contributed by atoms with Crippen LogP contribution in [-0.4, -0.2) is 75.0 Å². The van der Waals surface area contributed by atoms with E-state index in [2.05, 4.69) is 10.5 Å². The Bertz CT molecular complexity index is 862. The SMILES string of the molecule is COCCNC(=O)CCN(C[C@@H]1CCCO1)C(=O)c1cc(-c2cccc(OC)c2)on1. The molecule has 3 rings (SSSR count). The van der Waals surface area contributed by atoms with Crippen molar-refractivity contribution in [2.24, 2.45) is 0 Å². The predicted octanol–water partition coefficient (Wildman–Crippen LogP) is 2.12. The molecule has 1 aromatic heterocycles. The van der Waals surface area contributed by atoms with Gasteiger partial charge < -0.3 is 29.0 Å². The van der Waals surface area contributed by atoms with Gasteiger partial charge >= 0.3 is 0 Å². The topological polar surface area (TPSA) is 103 Å². The minimum absolute atomic E-state index is 0.0368. The van der Waals surface area contributed by atoms with Crippen molar-refractivity contribution in [3.8, 4) is 17.1 Å². The molecule has 0 unspecified atom stereocenters. The number of methoxy groups -OCH3 is 2. The Labute approximate surface area is 181 Å². The van der Waals surface area contributed by atoms with Crippen molar-refractivity contribution in [2.45, 2.75) is 25.4 Å². The van der Waals surface area contributed by atoms with E-state index in [4.69, 9.17) is 18.7 Å². The number of hydrogen-bond donors (Lipinski definition) is 1. The van der Waals surface area contributed by atoms with Gasteiger partial charge in [-0.15, -0.1) is 0 Å². The van der Waals surface area contributed by atoms with Crippen molar-refractivity contribution in [1.29, 1.82) is 0 Å². The molecule has 2 aromatic rings. The summed E-state index contributed by atoms with van der Waals surface area (Å²) < 4.78 is 21.3.